The Morgan fingerprint density at radius 1 is 1.12 bits per heavy atom. The van der Waals surface area contributed by atoms with Crippen molar-refractivity contribution in [1.29, 1.82) is 0 Å². The first-order valence-electron chi connectivity index (χ1n) is 13.9. The number of carbonyl (C=O) groups excluding carboxylic acids is 1. The summed E-state index contributed by atoms with van der Waals surface area (Å²) in [6.45, 7) is 6.66. The summed E-state index contributed by atoms with van der Waals surface area (Å²) in [7, 11) is 1.83. The van der Waals surface area contributed by atoms with E-state index in [0.29, 0.717) is 42.8 Å². The van der Waals surface area contributed by atoms with Crippen molar-refractivity contribution in [2.24, 2.45) is 0 Å². The highest BCUT2D eigenvalue weighted by Gasteiger charge is 2.31. The number of amides is 1. The van der Waals surface area contributed by atoms with Gasteiger partial charge in [0.05, 0.1) is 5.39 Å². The highest BCUT2D eigenvalue weighted by Crippen LogP contribution is 2.36. The Morgan fingerprint density at radius 2 is 1.86 bits per heavy atom. The number of benzene rings is 2. The molecule has 0 spiro atoms. The van der Waals surface area contributed by atoms with E-state index in [9.17, 15) is 13.6 Å². The largest absolute Gasteiger partial charge is 0.462 e. The normalized spacial score (nSPS) is 19.5. The lowest BCUT2D eigenvalue weighted by molar-refractivity contribution is -0.128. The van der Waals surface area contributed by atoms with Crippen LogP contribution in [-0.4, -0.2) is 89.3 Å². The number of ether oxygens (including phenoxy) is 1. The lowest BCUT2D eigenvalue weighted by Crippen LogP contribution is -2.49. The smallest absolute Gasteiger partial charge is 0.319 e. The van der Waals surface area contributed by atoms with Gasteiger partial charge in [0.15, 0.2) is 11.6 Å². The lowest BCUT2D eigenvalue weighted by atomic mass is 9.97. The third-order valence-electron chi connectivity index (χ3n) is 8.15. The molecule has 0 bridgehead atoms. The fraction of sp³-hybridized carbons (Fsp3) is 0.355. The minimum absolute atomic E-state index is 0.0333. The number of anilines is 1. The molecule has 8 nitrogen and oxygen atoms in total. The molecule has 0 unspecified atom stereocenters. The fourth-order valence-electron chi connectivity index (χ4n) is 5.91. The number of aryl methyl sites for hydroxylation is 1. The number of likely N-dealkylation sites (tertiary alicyclic amines) is 1. The topological polar surface area (TPSA) is 74.7 Å². The Bertz CT molecular complexity index is 1690. The van der Waals surface area contributed by atoms with Gasteiger partial charge in [-0.1, -0.05) is 43.0 Å². The molecule has 42 heavy (non-hydrogen) atoms. The Balaban J connectivity index is 1.42. The van der Waals surface area contributed by atoms with Gasteiger partial charge in [-0.05, 0) is 36.7 Å². The zero-order valence-corrected chi connectivity index (χ0v) is 23.5. The lowest BCUT2D eigenvalue weighted by Gasteiger charge is -2.35. The zero-order chi connectivity index (χ0) is 29.5. The minimum atomic E-state index is -1.01. The summed E-state index contributed by atoms with van der Waals surface area (Å²) < 4.78 is 49.8. The van der Waals surface area contributed by atoms with Crippen LogP contribution in [0.5, 0.6) is 6.01 Å². The van der Waals surface area contributed by atoms with Crippen molar-refractivity contribution in [2.45, 2.75) is 25.6 Å². The molecular formula is C31H31F3N6O2. The van der Waals surface area contributed by atoms with Crippen molar-refractivity contribution < 1.29 is 22.7 Å². The maximum Gasteiger partial charge on any atom is 0.319 e. The number of pyridine rings is 1. The molecule has 11 heteroatoms. The standard InChI is InChI=1S/C31H31F3N6O2/c1-18-6-4-7-20-8-5-9-23(25(18)20)27-26(34)28-24(15-35-27)29(39-10-12-40(13-11-39)30(41)19(2)32)37-31(36-28)42-17-22-14-21(33)16-38(22)3/h4-9,15,21-22H,2,10-14,16-17H2,1,3H3/t21-,22+/m1/s1. The minimum Gasteiger partial charge on any atom is -0.462 e. The van der Waals surface area contributed by atoms with Crippen LogP contribution in [0, 0.1) is 12.7 Å². The van der Waals surface area contributed by atoms with E-state index >= 15 is 4.39 Å². The Labute approximate surface area is 241 Å². The molecule has 2 aromatic heterocycles. The Kier molecular flexibility index (Phi) is 7.44. The van der Waals surface area contributed by atoms with Crippen molar-refractivity contribution in [3.05, 3.63) is 66.4 Å². The number of rotatable bonds is 6. The first kappa shape index (κ1) is 27.9. The number of nitrogens with zero attached hydrogens (tertiary/aromatic N) is 6. The summed E-state index contributed by atoms with van der Waals surface area (Å²) in [6.07, 6.45) is 0.949. The first-order chi connectivity index (χ1) is 20.2. The second-order valence-electron chi connectivity index (χ2n) is 10.9. The van der Waals surface area contributed by atoms with E-state index in [1.165, 1.54) is 4.90 Å². The van der Waals surface area contributed by atoms with Crippen molar-refractivity contribution >= 4 is 33.4 Å². The summed E-state index contributed by atoms with van der Waals surface area (Å²) in [4.78, 5) is 30.9. The maximum absolute atomic E-state index is 16.5. The summed E-state index contributed by atoms with van der Waals surface area (Å²) >= 11 is 0. The van der Waals surface area contributed by atoms with E-state index in [1.807, 2.05) is 60.2 Å². The van der Waals surface area contributed by atoms with Crippen LogP contribution in [0.3, 0.4) is 0 Å². The third-order valence-corrected chi connectivity index (χ3v) is 8.15. The number of fused-ring (bicyclic) bond motifs is 2. The molecule has 0 radical (unpaired) electrons. The third kappa shape index (κ3) is 5.13. The van der Waals surface area contributed by atoms with Gasteiger partial charge in [0.2, 0.25) is 0 Å². The van der Waals surface area contributed by atoms with Gasteiger partial charge >= 0.3 is 6.01 Å². The predicted octanol–water partition coefficient (Wildman–Crippen LogP) is 4.85. The van der Waals surface area contributed by atoms with E-state index in [1.54, 1.807) is 6.20 Å². The van der Waals surface area contributed by atoms with Crippen LogP contribution in [0.25, 0.3) is 32.9 Å². The number of halogens is 3. The molecule has 4 heterocycles. The molecule has 0 N–H and O–H groups in total. The van der Waals surface area contributed by atoms with E-state index in [-0.39, 0.29) is 43.0 Å². The van der Waals surface area contributed by atoms with E-state index < -0.39 is 23.7 Å². The number of hydrogen-bond donors (Lipinski definition) is 0. The highest BCUT2D eigenvalue weighted by atomic mass is 19.1. The van der Waals surface area contributed by atoms with Gasteiger partial charge in [-0.3, -0.25) is 14.7 Å². The number of hydrogen-bond acceptors (Lipinski definition) is 7. The average molecular weight is 577 g/mol. The highest BCUT2D eigenvalue weighted by molar-refractivity contribution is 6.00. The van der Waals surface area contributed by atoms with Crippen LogP contribution >= 0.6 is 0 Å². The van der Waals surface area contributed by atoms with E-state index in [0.717, 1.165) is 16.3 Å². The molecule has 1 amide bonds. The molecule has 4 aromatic rings. The molecular weight excluding hydrogens is 545 g/mol. The maximum atomic E-state index is 16.5. The second-order valence-corrected chi connectivity index (χ2v) is 10.9. The zero-order valence-electron chi connectivity index (χ0n) is 23.5. The molecule has 6 rings (SSSR count). The van der Waals surface area contributed by atoms with E-state index in [4.69, 9.17) is 4.74 Å². The fourth-order valence-corrected chi connectivity index (χ4v) is 5.91. The van der Waals surface area contributed by atoms with Crippen LogP contribution in [0.1, 0.15) is 12.0 Å². The molecule has 2 atom stereocenters. The molecule has 2 fully saturated rings. The Morgan fingerprint density at radius 3 is 2.55 bits per heavy atom. The van der Waals surface area contributed by atoms with Crippen molar-refractivity contribution in [3.63, 3.8) is 0 Å². The molecule has 2 aromatic carbocycles. The van der Waals surface area contributed by atoms with Crippen LogP contribution < -0.4 is 9.64 Å². The molecule has 218 valence electrons. The predicted molar refractivity (Wildman–Crippen MR) is 155 cm³/mol. The van der Waals surface area contributed by atoms with Crippen molar-refractivity contribution in [3.8, 4) is 17.3 Å². The summed E-state index contributed by atoms with van der Waals surface area (Å²) in [5.41, 5.74) is 1.84. The van der Waals surface area contributed by atoms with Gasteiger partial charge in [0.1, 0.15) is 29.8 Å². The number of likely N-dealkylation sites (N-methyl/N-ethyl adjacent to an activating group) is 1. The van der Waals surface area contributed by atoms with Crippen LogP contribution in [0.15, 0.2) is 55.0 Å². The summed E-state index contributed by atoms with van der Waals surface area (Å²) in [5, 5.41) is 2.25. The second kappa shape index (κ2) is 11.2. The molecule has 2 saturated heterocycles. The first-order valence-corrected chi connectivity index (χ1v) is 13.9. The van der Waals surface area contributed by atoms with Gasteiger partial charge < -0.3 is 14.5 Å². The van der Waals surface area contributed by atoms with Crippen LogP contribution in [-0.2, 0) is 4.79 Å². The monoisotopic (exact) mass is 576 g/mol. The number of aromatic nitrogens is 3. The van der Waals surface area contributed by atoms with Gasteiger partial charge in [-0.25, -0.2) is 13.2 Å². The molecule has 0 saturated carbocycles. The molecule has 2 aliphatic rings. The molecule has 0 aliphatic carbocycles. The number of alkyl halides is 1. The van der Waals surface area contributed by atoms with Gasteiger partial charge in [-0.15, -0.1) is 0 Å². The van der Waals surface area contributed by atoms with Crippen LogP contribution in [0.2, 0.25) is 0 Å². The van der Waals surface area contributed by atoms with Gasteiger partial charge in [0.25, 0.3) is 5.91 Å². The van der Waals surface area contributed by atoms with Gasteiger partial charge in [-0.2, -0.15) is 9.97 Å². The average Bonchev–Trinajstić information content (AvgIpc) is 3.32. The van der Waals surface area contributed by atoms with Gasteiger partial charge in [0, 0.05) is 50.5 Å². The van der Waals surface area contributed by atoms with Crippen LogP contribution in [0.4, 0.5) is 19.0 Å². The van der Waals surface area contributed by atoms with Crippen molar-refractivity contribution in [1.82, 2.24) is 24.8 Å². The van der Waals surface area contributed by atoms with Crippen molar-refractivity contribution in [2.75, 3.05) is 51.3 Å². The quantitative estimate of drug-likeness (QED) is 0.304. The molecule has 2 aliphatic heterocycles. The Hall–Kier alpha value is -4.25. The summed E-state index contributed by atoms with van der Waals surface area (Å²) in [6, 6.07) is 11.4. The number of piperazine rings is 1. The number of carbonyl (C=O) groups is 1. The SMILES string of the molecule is C=C(F)C(=O)N1CCN(c2nc(OC[C@@H]3C[C@@H](F)CN3C)nc3c(F)c(-c4cccc5cccc(C)c45)ncc23)CC1. The van der Waals surface area contributed by atoms with E-state index in [2.05, 4.69) is 21.5 Å². The summed E-state index contributed by atoms with van der Waals surface area (Å²) in [5.74, 6) is -1.97.